The minimum Gasteiger partial charge on any atom is -0.349 e. The average Bonchev–Trinajstić information content (AvgIpc) is 2.79. The van der Waals surface area contributed by atoms with Gasteiger partial charge in [0.1, 0.15) is 5.69 Å². The molecule has 2 amide bonds. The summed E-state index contributed by atoms with van der Waals surface area (Å²) in [5.74, 6) is -0.471. The molecule has 2 N–H and O–H groups in total. The Morgan fingerprint density at radius 3 is 2.55 bits per heavy atom. The van der Waals surface area contributed by atoms with E-state index in [4.69, 9.17) is 0 Å². The van der Waals surface area contributed by atoms with Crippen LogP contribution in [0.2, 0.25) is 0 Å². The quantitative estimate of drug-likeness (QED) is 0.867. The number of H-pyrrole nitrogens is 1. The Morgan fingerprint density at radius 1 is 1.27 bits per heavy atom. The third-order valence-corrected chi connectivity index (χ3v) is 3.25. The van der Waals surface area contributed by atoms with Crippen LogP contribution in [0.4, 0.5) is 5.69 Å². The van der Waals surface area contributed by atoms with Gasteiger partial charge in [0.25, 0.3) is 11.5 Å². The first-order valence-corrected chi connectivity index (χ1v) is 6.74. The molecule has 1 heterocycles. The lowest BCUT2D eigenvalue weighted by Crippen LogP contribution is -2.24. The number of anilines is 1. The van der Waals surface area contributed by atoms with E-state index in [1.54, 1.807) is 45.4 Å². The maximum atomic E-state index is 12.2. The molecule has 1 aromatic carbocycles. The number of nitrogens with one attached hydrogen (secondary N) is 2. The number of carbonyl (C=O) groups excluding carboxylic acids is 2. The molecule has 0 fully saturated rings. The fourth-order valence-electron chi connectivity index (χ4n) is 2.00. The Bertz CT molecular complexity index is 758. The number of aromatic nitrogens is 2. The van der Waals surface area contributed by atoms with Crippen molar-refractivity contribution in [2.45, 2.75) is 6.42 Å². The van der Waals surface area contributed by atoms with E-state index in [0.717, 1.165) is 5.56 Å². The molecule has 0 saturated carbocycles. The van der Waals surface area contributed by atoms with Gasteiger partial charge in [-0.2, -0.15) is 0 Å². The number of hydrogen-bond acceptors (Lipinski definition) is 3. The Morgan fingerprint density at radius 2 is 1.95 bits per heavy atom. The summed E-state index contributed by atoms with van der Waals surface area (Å²) in [7, 11) is 4.94. The molecular weight excluding hydrogens is 284 g/mol. The molecule has 0 saturated heterocycles. The SMILES string of the molecule is CN(C)C(=O)Cc1ccccc1NC(=O)c1cc(=O)[nH]n1C. The normalized spacial score (nSPS) is 10.3. The number of nitrogens with zero attached hydrogens (tertiary/aromatic N) is 2. The molecule has 0 aliphatic heterocycles. The second-order valence-corrected chi connectivity index (χ2v) is 5.14. The van der Waals surface area contributed by atoms with Crippen molar-refractivity contribution in [1.82, 2.24) is 14.7 Å². The van der Waals surface area contributed by atoms with Gasteiger partial charge in [0.2, 0.25) is 5.91 Å². The van der Waals surface area contributed by atoms with Crippen molar-refractivity contribution < 1.29 is 9.59 Å². The maximum Gasteiger partial charge on any atom is 0.273 e. The minimum atomic E-state index is -0.411. The van der Waals surface area contributed by atoms with Crippen molar-refractivity contribution in [3.63, 3.8) is 0 Å². The van der Waals surface area contributed by atoms with Crippen molar-refractivity contribution in [2.24, 2.45) is 7.05 Å². The Hall–Kier alpha value is -2.83. The van der Waals surface area contributed by atoms with E-state index in [1.807, 2.05) is 0 Å². The van der Waals surface area contributed by atoms with Crippen molar-refractivity contribution in [3.05, 3.63) is 51.9 Å². The monoisotopic (exact) mass is 302 g/mol. The van der Waals surface area contributed by atoms with Gasteiger partial charge >= 0.3 is 0 Å². The maximum absolute atomic E-state index is 12.2. The van der Waals surface area contributed by atoms with Crippen molar-refractivity contribution in [1.29, 1.82) is 0 Å². The molecule has 0 atom stereocenters. The zero-order valence-corrected chi connectivity index (χ0v) is 12.7. The van der Waals surface area contributed by atoms with Crippen LogP contribution in [0.15, 0.2) is 35.1 Å². The lowest BCUT2D eigenvalue weighted by molar-refractivity contribution is -0.127. The molecule has 2 rings (SSSR count). The van der Waals surface area contributed by atoms with E-state index in [0.29, 0.717) is 5.69 Å². The van der Waals surface area contributed by atoms with Crippen LogP contribution < -0.4 is 10.9 Å². The smallest absolute Gasteiger partial charge is 0.273 e. The van der Waals surface area contributed by atoms with Gasteiger partial charge in [0.15, 0.2) is 0 Å². The number of benzene rings is 1. The molecule has 7 heteroatoms. The van der Waals surface area contributed by atoms with Gasteiger partial charge in [0.05, 0.1) is 6.42 Å². The number of hydrogen-bond donors (Lipinski definition) is 2. The molecule has 7 nitrogen and oxygen atoms in total. The summed E-state index contributed by atoms with van der Waals surface area (Å²) >= 11 is 0. The summed E-state index contributed by atoms with van der Waals surface area (Å²) in [6.07, 6.45) is 0.190. The van der Waals surface area contributed by atoms with Crippen LogP contribution in [-0.2, 0) is 18.3 Å². The summed E-state index contributed by atoms with van der Waals surface area (Å²) in [4.78, 5) is 36.8. The molecule has 0 aliphatic rings. The predicted octanol–water partition coefficient (Wildman–Crippen LogP) is 0.596. The van der Waals surface area contributed by atoms with E-state index in [-0.39, 0.29) is 23.6 Å². The minimum absolute atomic E-state index is 0.0595. The average molecular weight is 302 g/mol. The van der Waals surface area contributed by atoms with Crippen LogP contribution in [0.5, 0.6) is 0 Å². The molecule has 0 aliphatic carbocycles. The van der Waals surface area contributed by atoms with Gasteiger partial charge in [-0.05, 0) is 11.6 Å². The summed E-state index contributed by atoms with van der Waals surface area (Å²) in [6, 6.07) is 8.31. The number of para-hydroxylation sites is 1. The summed E-state index contributed by atoms with van der Waals surface area (Å²) in [5.41, 5.74) is 1.15. The topological polar surface area (TPSA) is 87.2 Å². The van der Waals surface area contributed by atoms with Gasteiger partial charge in [-0.3, -0.25) is 24.2 Å². The van der Waals surface area contributed by atoms with Gasteiger partial charge < -0.3 is 10.2 Å². The number of rotatable bonds is 4. The van der Waals surface area contributed by atoms with Crippen LogP contribution in [0.1, 0.15) is 16.1 Å². The number of amides is 2. The predicted molar refractivity (Wildman–Crippen MR) is 82.8 cm³/mol. The number of carbonyl (C=O) groups is 2. The highest BCUT2D eigenvalue weighted by Crippen LogP contribution is 2.17. The number of likely N-dealkylation sites (N-methyl/N-ethyl adjacent to an activating group) is 1. The molecule has 0 bridgehead atoms. The zero-order chi connectivity index (χ0) is 16.3. The Balaban J connectivity index is 2.23. The van der Waals surface area contributed by atoms with E-state index < -0.39 is 5.91 Å². The summed E-state index contributed by atoms with van der Waals surface area (Å²) in [5, 5.41) is 5.21. The molecule has 0 radical (unpaired) electrons. The number of aromatic amines is 1. The fraction of sp³-hybridized carbons (Fsp3) is 0.267. The Labute approximate surface area is 127 Å². The molecule has 0 unspecified atom stereocenters. The van der Waals surface area contributed by atoms with E-state index in [1.165, 1.54) is 15.6 Å². The molecule has 116 valence electrons. The first kappa shape index (κ1) is 15.6. The van der Waals surface area contributed by atoms with Gasteiger partial charge in [-0.15, -0.1) is 0 Å². The van der Waals surface area contributed by atoms with E-state index in [9.17, 15) is 14.4 Å². The Kier molecular flexibility index (Phi) is 4.45. The highest BCUT2D eigenvalue weighted by Gasteiger charge is 2.15. The van der Waals surface area contributed by atoms with Gasteiger partial charge in [-0.1, -0.05) is 18.2 Å². The van der Waals surface area contributed by atoms with Crippen molar-refractivity contribution in [3.8, 4) is 0 Å². The van der Waals surface area contributed by atoms with Crippen LogP contribution >= 0.6 is 0 Å². The van der Waals surface area contributed by atoms with Gasteiger partial charge in [0, 0.05) is 32.9 Å². The fourth-order valence-corrected chi connectivity index (χ4v) is 2.00. The lowest BCUT2D eigenvalue weighted by Gasteiger charge is -2.14. The molecule has 22 heavy (non-hydrogen) atoms. The first-order chi connectivity index (χ1) is 10.4. The number of aryl methyl sites for hydroxylation is 1. The molecule has 1 aromatic heterocycles. The molecule has 0 spiro atoms. The van der Waals surface area contributed by atoms with Crippen molar-refractivity contribution in [2.75, 3.05) is 19.4 Å². The first-order valence-electron chi connectivity index (χ1n) is 6.74. The van der Waals surface area contributed by atoms with E-state index in [2.05, 4.69) is 10.4 Å². The highest BCUT2D eigenvalue weighted by molar-refractivity contribution is 6.03. The van der Waals surface area contributed by atoms with Crippen LogP contribution in [0.3, 0.4) is 0 Å². The largest absolute Gasteiger partial charge is 0.349 e. The zero-order valence-electron chi connectivity index (χ0n) is 12.7. The third-order valence-electron chi connectivity index (χ3n) is 3.25. The van der Waals surface area contributed by atoms with Crippen LogP contribution in [-0.4, -0.2) is 40.6 Å². The van der Waals surface area contributed by atoms with E-state index >= 15 is 0 Å². The van der Waals surface area contributed by atoms with Gasteiger partial charge in [-0.25, -0.2) is 0 Å². The van der Waals surface area contributed by atoms with Crippen LogP contribution in [0, 0.1) is 0 Å². The standard InChI is InChI=1S/C15H18N4O3/c1-18(2)14(21)8-10-6-4-5-7-11(10)16-15(22)12-9-13(20)17-19(12)3/h4-7,9H,8H2,1-3H3,(H,16,22)(H,17,20). The van der Waals surface area contributed by atoms with Crippen molar-refractivity contribution >= 4 is 17.5 Å². The second-order valence-electron chi connectivity index (χ2n) is 5.14. The third kappa shape index (κ3) is 3.43. The van der Waals surface area contributed by atoms with Crippen LogP contribution in [0.25, 0.3) is 0 Å². The molecular formula is C15H18N4O3. The summed E-state index contributed by atoms with van der Waals surface area (Å²) in [6.45, 7) is 0. The lowest BCUT2D eigenvalue weighted by atomic mass is 10.1. The second kappa shape index (κ2) is 6.30. The highest BCUT2D eigenvalue weighted by atomic mass is 16.2. The molecule has 2 aromatic rings. The summed E-state index contributed by atoms with van der Waals surface area (Å²) < 4.78 is 1.35.